The van der Waals surface area contributed by atoms with E-state index in [1.807, 2.05) is 17.8 Å². The number of hydrogen-bond acceptors (Lipinski definition) is 3. The summed E-state index contributed by atoms with van der Waals surface area (Å²) in [5.41, 5.74) is 1.11. The molecule has 102 valence electrons. The van der Waals surface area contributed by atoms with Gasteiger partial charge < -0.3 is 5.32 Å². The van der Waals surface area contributed by atoms with Crippen LogP contribution in [0.2, 0.25) is 0 Å². The van der Waals surface area contributed by atoms with Gasteiger partial charge in [0.1, 0.15) is 5.82 Å². The minimum atomic E-state index is -0.232. The predicted octanol–water partition coefficient (Wildman–Crippen LogP) is 3.46. The number of hydrogen-bond donors (Lipinski definition) is 1. The molecule has 4 heteroatoms. The molecule has 1 fully saturated rings. The smallest absolute Gasteiger partial charge is 0.127 e. The Bertz CT molecular complexity index is 462. The van der Waals surface area contributed by atoms with E-state index in [1.165, 1.54) is 25.0 Å². The standard InChI is InChI=1S/C15H19FN2S/c1-19-14-5-3-13(4-6-14)18-10-12-8-11(9-17)2-7-15(12)16/h2,7-8,13-14,18H,3-6,10H2,1H3. The van der Waals surface area contributed by atoms with Crippen LogP contribution in [-0.4, -0.2) is 17.5 Å². The van der Waals surface area contributed by atoms with Crippen molar-refractivity contribution >= 4 is 11.8 Å². The monoisotopic (exact) mass is 278 g/mol. The topological polar surface area (TPSA) is 35.8 Å². The third kappa shape index (κ3) is 3.95. The van der Waals surface area contributed by atoms with Crippen LogP contribution in [0.5, 0.6) is 0 Å². The molecular formula is C15H19FN2S. The molecular weight excluding hydrogens is 259 g/mol. The Balaban J connectivity index is 1.87. The molecule has 0 spiro atoms. The number of nitrogens with one attached hydrogen (secondary N) is 1. The lowest BCUT2D eigenvalue weighted by Gasteiger charge is -2.28. The maximum absolute atomic E-state index is 13.6. The van der Waals surface area contributed by atoms with Gasteiger partial charge in [-0.1, -0.05) is 0 Å². The highest BCUT2D eigenvalue weighted by molar-refractivity contribution is 7.99. The maximum atomic E-state index is 13.6. The zero-order valence-electron chi connectivity index (χ0n) is 11.2. The third-order valence-corrected chi connectivity index (χ3v) is 4.90. The molecule has 1 aliphatic rings. The normalized spacial score (nSPS) is 23.0. The highest BCUT2D eigenvalue weighted by atomic mass is 32.2. The van der Waals surface area contributed by atoms with Gasteiger partial charge in [0.2, 0.25) is 0 Å². The molecule has 0 aromatic heterocycles. The Morgan fingerprint density at radius 3 is 2.74 bits per heavy atom. The van der Waals surface area contributed by atoms with Gasteiger partial charge in [-0.25, -0.2) is 4.39 Å². The van der Waals surface area contributed by atoms with Gasteiger partial charge in [0, 0.05) is 23.4 Å². The van der Waals surface area contributed by atoms with E-state index in [1.54, 1.807) is 6.07 Å². The van der Waals surface area contributed by atoms with Crippen molar-refractivity contribution in [3.8, 4) is 6.07 Å². The van der Waals surface area contributed by atoms with Crippen LogP contribution in [0.4, 0.5) is 4.39 Å². The van der Waals surface area contributed by atoms with Crippen molar-refractivity contribution in [2.45, 2.75) is 43.5 Å². The molecule has 1 aromatic carbocycles. The van der Waals surface area contributed by atoms with Crippen LogP contribution in [0.25, 0.3) is 0 Å². The lowest BCUT2D eigenvalue weighted by molar-refractivity contribution is 0.376. The quantitative estimate of drug-likeness (QED) is 0.916. The van der Waals surface area contributed by atoms with Gasteiger partial charge in [0.05, 0.1) is 11.6 Å². The molecule has 0 saturated heterocycles. The second-order valence-corrected chi connectivity index (χ2v) is 6.15. The largest absolute Gasteiger partial charge is 0.310 e. The van der Waals surface area contributed by atoms with E-state index in [4.69, 9.17) is 5.26 Å². The summed E-state index contributed by atoms with van der Waals surface area (Å²) < 4.78 is 13.6. The second kappa shape index (κ2) is 6.93. The van der Waals surface area contributed by atoms with Crippen LogP contribution in [0.15, 0.2) is 18.2 Å². The molecule has 2 rings (SSSR count). The Hall–Kier alpha value is -1.05. The van der Waals surface area contributed by atoms with Gasteiger partial charge in [-0.2, -0.15) is 17.0 Å². The van der Waals surface area contributed by atoms with Crippen LogP contribution in [-0.2, 0) is 6.54 Å². The zero-order valence-corrected chi connectivity index (χ0v) is 12.0. The predicted molar refractivity (Wildman–Crippen MR) is 77.5 cm³/mol. The summed E-state index contributed by atoms with van der Waals surface area (Å²) >= 11 is 1.95. The van der Waals surface area contributed by atoms with Gasteiger partial charge in [-0.05, 0) is 50.1 Å². The van der Waals surface area contributed by atoms with Gasteiger partial charge >= 0.3 is 0 Å². The van der Waals surface area contributed by atoms with Crippen LogP contribution in [0.1, 0.15) is 36.8 Å². The highest BCUT2D eigenvalue weighted by Crippen LogP contribution is 2.27. The van der Waals surface area contributed by atoms with Gasteiger partial charge in [0.25, 0.3) is 0 Å². The molecule has 1 aromatic rings. The van der Waals surface area contributed by atoms with E-state index in [9.17, 15) is 4.39 Å². The number of nitrogens with zero attached hydrogens (tertiary/aromatic N) is 1. The molecule has 1 aliphatic carbocycles. The minimum Gasteiger partial charge on any atom is -0.310 e. The summed E-state index contributed by atoms with van der Waals surface area (Å²) in [4.78, 5) is 0. The summed E-state index contributed by atoms with van der Waals surface area (Å²) in [6, 6.07) is 7.06. The van der Waals surface area contributed by atoms with E-state index in [2.05, 4.69) is 11.6 Å². The molecule has 19 heavy (non-hydrogen) atoms. The maximum Gasteiger partial charge on any atom is 0.127 e. The van der Waals surface area contributed by atoms with Crippen LogP contribution in [0, 0.1) is 17.1 Å². The number of nitriles is 1. The average molecular weight is 278 g/mol. The lowest BCUT2D eigenvalue weighted by Crippen LogP contribution is -2.33. The van der Waals surface area contributed by atoms with Crippen LogP contribution in [0.3, 0.4) is 0 Å². The molecule has 1 N–H and O–H groups in total. The number of rotatable bonds is 4. The summed E-state index contributed by atoms with van der Waals surface area (Å²) in [6.07, 6.45) is 6.95. The Morgan fingerprint density at radius 2 is 2.11 bits per heavy atom. The first-order valence-corrected chi connectivity index (χ1v) is 7.96. The minimum absolute atomic E-state index is 0.232. The molecule has 0 unspecified atom stereocenters. The first-order chi connectivity index (χ1) is 9.22. The SMILES string of the molecule is CSC1CCC(NCc2cc(C#N)ccc2F)CC1. The first kappa shape index (κ1) is 14.4. The molecule has 2 nitrogen and oxygen atoms in total. The second-order valence-electron chi connectivity index (χ2n) is 5.01. The molecule has 0 amide bonds. The summed E-state index contributed by atoms with van der Waals surface area (Å²) in [5.74, 6) is -0.232. The molecule has 1 saturated carbocycles. The Labute approximate surface area is 118 Å². The number of halogens is 1. The molecule has 0 heterocycles. The fraction of sp³-hybridized carbons (Fsp3) is 0.533. The molecule has 0 aliphatic heterocycles. The van der Waals surface area contributed by atoms with E-state index in [0.29, 0.717) is 23.7 Å². The molecule has 0 radical (unpaired) electrons. The van der Waals surface area contributed by atoms with Gasteiger partial charge in [-0.15, -0.1) is 0 Å². The number of thioether (sulfide) groups is 1. The Kier molecular flexibility index (Phi) is 5.24. The van der Waals surface area contributed by atoms with Crippen molar-refractivity contribution in [1.29, 1.82) is 5.26 Å². The van der Waals surface area contributed by atoms with Crippen LogP contribution < -0.4 is 5.32 Å². The highest BCUT2D eigenvalue weighted by Gasteiger charge is 2.20. The van der Waals surface area contributed by atoms with Crippen molar-refractivity contribution < 1.29 is 4.39 Å². The lowest BCUT2D eigenvalue weighted by atomic mass is 9.95. The fourth-order valence-corrected chi connectivity index (χ4v) is 3.28. The summed E-state index contributed by atoms with van der Waals surface area (Å²) in [7, 11) is 0. The summed E-state index contributed by atoms with van der Waals surface area (Å²) in [6.45, 7) is 0.510. The summed E-state index contributed by atoms with van der Waals surface area (Å²) in [5, 5.41) is 13.0. The van der Waals surface area contributed by atoms with E-state index in [0.717, 1.165) is 18.1 Å². The van der Waals surface area contributed by atoms with Crippen molar-refractivity contribution in [2.24, 2.45) is 0 Å². The van der Waals surface area contributed by atoms with Crippen molar-refractivity contribution in [2.75, 3.05) is 6.26 Å². The average Bonchev–Trinajstić information content (AvgIpc) is 2.47. The van der Waals surface area contributed by atoms with E-state index in [-0.39, 0.29) is 5.82 Å². The number of benzene rings is 1. The molecule has 0 bridgehead atoms. The molecule has 0 atom stereocenters. The fourth-order valence-electron chi connectivity index (χ4n) is 2.54. The van der Waals surface area contributed by atoms with E-state index < -0.39 is 0 Å². The third-order valence-electron chi connectivity index (χ3n) is 3.76. The van der Waals surface area contributed by atoms with Crippen molar-refractivity contribution in [3.05, 3.63) is 35.1 Å². The van der Waals surface area contributed by atoms with E-state index >= 15 is 0 Å². The first-order valence-electron chi connectivity index (χ1n) is 6.67. The zero-order chi connectivity index (χ0) is 13.7. The van der Waals surface area contributed by atoms with Gasteiger partial charge in [-0.3, -0.25) is 0 Å². The van der Waals surface area contributed by atoms with Crippen molar-refractivity contribution in [3.63, 3.8) is 0 Å². The Morgan fingerprint density at radius 1 is 1.37 bits per heavy atom. The van der Waals surface area contributed by atoms with Gasteiger partial charge in [0.15, 0.2) is 0 Å². The van der Waals surface area contributed by atoms with Crippen LogP contribution >= 0.6 is 11.8 Å². The van der Waals surface area contributed by atoms with Crippen molar-refractivity contribution in [1.82, 2.24) is 5.32 Å².